The first-order valence-corrected chi connectivity index (χ1v) is 11.2. The van der Waals surface area contributed by atoms with Gasteiger partial charge in [0.25, 0.3) is 0 Å². The van der Waals surface area contributed by atoms with Crippen molar-refractivity contribution in [1.82, 2.24) is 0 Å². The van der Waals surface area contributed by atoms with Gasteiger partial charge in [0.2, 0.25) is 0 Å². The number of allylic oxidation sites excluding steroid dienone is 4. The minimum absolute atomic E-state index is 0.167. The van der Waals surface area contributed by atoms with Gasteiger partial charge in [-0.15, -0.1) is 0 Å². The van der Waals surface area contributed by atoms with Crippen molar-refractivity contribution in [2.75, 3.05) is 6.61 Å². The van der Waals surface area contributed by atoms with Crippen LogP contribution in [0.25, 0.3) is 0 Å². The van der Waals surface area contributed by atoms with Crippen LogP contribution in [-0.2, 0) is 14.3 Å². The largest absolute Gasteiger partial charge is 0.481 e. The maximum Gasteiger partial charge on any atom is 0.308 e. The zero-order valence-corrected chi connectivity index (χ0v) is 18.8. The molecule has 1 fully saturated rings. The number of aliphatic carboxylic acids is 1. The number of aliphatic hydroxyl groups is 1. The summed E-state index contributed by atoms with van der Waals surface area (Å²) >= 11 is 0. The van der Waals surface area contributed by atoms with Crippen LogP contribution >= 0.6 is 0 Å². The number of hydrogen-bond acceptors (Lipinski definition) is 4. The maximum atomic E-state index is 10.3. The molecule has 29 heavy (non-hydrogen) atoms. The molecule has 1 heterocycles. The molecule has 5 heteroatoms. The number of hydrogen-bond donors (Lipinski definition) is 2. The normalized spacial score (nSPS) is 31.6. The lowest BCUT2D eigenvalue weighted by Crippen LogP contribution is -2.27. The summed E-state index contributed by atoms with van der Waals surface area (Å²) in [5.74, 6) is 2.19. The summed E-state index contributed by atoms with van der Waals surface area (Å²) in [7, 11) is 0. The van der Waals surface area contributed by atoms with Crippen LogP contribution in [0.4, 0.5) is 0 Å². The highest BCUT2D eigenvalue weighted by Crippen LogP contribution is 2.42. The van der Waals surface area contributed by atoms with E-state index in [1.807, 2.05) is 6.92 Å². The first-order valence-electron chi connectivity index (χ1n) is 11.2. The molecular formula is C24H40O5. The predicted octanol–water partition coefficient (Wildman–Crippen LogP) is 4.99. The number of aliphatic hydroxyl groups excluding tert-OH is 1. The Morgan fingerprint density at radius 2 is 1.93 bits per heavy atom. The molecule has 5 unspecified atom stereocenters. The number of fused-ring (bicyclic) bond motifs is 1. The van der Waals surface area contributed by atoms with Gasteiger partial charge in [0, 0.05) is 6.42 Å². The molecule has 3 rings (SSSR count). The lowest BCUT2D eigenvalue weighted by Gasteiger charge is -2.38. The molecule has 1 aliphatic heterocycles. The third-order valence-electron chi connectivity index (χ3n) is 6.24. The Balaban J connectivity index is 0.000000240. The summed E-state index contributed by atoms with van der Waals surface area (Å²) in [4.78, 5) is 20.2. The first kappa shape index (κ1) is 25.4. The van der Waals surface area contributed by atoms with E-state index in [9.17, 15) is 9.59 Å². The standard InChI is InChI=1S/C14H22.C5H8O3.C5H10O2/c1-4-13-11(3)6-7-12-9-10(2)5-8-14(12)13;6-4-1-2-8-5(7)3-4;1-3-4(2)5(6)7/h6-7,9-11,13-14H,4-5,8H2,1-3H3;4,6H,1-3H2;4H,3H2,1-2H3,(H,6,7)/t10-,11?,13?,14?;;/m1../s1. The molecule has 2 aliphatic carbocycles. The lowest BCUT2D eigenvalue weighted by atomic mass is 9.67. The number of cyclic esters (lactones) is 1. The predicted molar refractivity (Wildman–Crippen MR) is 115 cm³/mol. The van der Waals surface area contributed by atoms with Gasteiger partial charge in [-0.1, -0.05) is 59.3 Å². The van der Waals surface area contributed by atoms with Crippen molar-refractivity contribution in [3.05, 3.63) is 23.8 Å². The second kappa shape index (κ2) is 12.8. The minimum Gasteiger partial charge on any atom is -0.481 e. The number of rotatable bonds is 3. The van der Waals surface area contributed by atoms with Gasteiger partial charge in [-0.05, 0) is 48.5 Å². The van der Waals surface area contributed by atoms with Crippen LogP contribution in [-0.4, -0.2) is 34.9 Å². The van der Waals surface area contributed by atoms with Gasteiger partial charge < -0.3 is 14.9 Å². The molecule has 0 spiro atoms. The molecule has 2 N–H and O–H groups in total. The molecule has 0 aromatic heterocycles. The molecule has 1 saturated heterocycles. The quantitative estimate of drug-likeness (QED) is 0.643. The van der Waals surface area contributed by atoms with Gasteiger partial charge in [0.05, 0.1) is 25.0 Å². The minimum atomic E-state index is -0.706. The smallest absolute Gasteiger partial charge is 0.308 e. The fourth-order valence-corrected chi connectivity index (χ4v) is 4.05. The molecular weight excluding hydrogens is 368 g/mol. The monoisotopic (exact) mass is 408 g/mol. The average molecular weight is 409 g/mol. The van der Waals surface area contributed by atoms with Crippen LogP contribution in [0.15, 0.2) is 23.8 Å². The van der Waals surface area contributed by atoms with Gasteiger partial charge in [0.15, 0.2) is 0 Å². The van der Waals surface area contributed by atoms with Crippen molar-refractivity contribution >= 4 is 11.9 Å². The highest BCUT2D eigenvalue weighted by atomic mass is 16.5. The van der Waals surface area contributed by atoms with Crippen LogP contribution in [0.3, 0.4) is 0 Å². The van der Waals surface area contributed by atoms with E-state index in [0.717, 1.165) is 30.1 Å². The van der Waals surface area contributed by atoms with Crippen molar-refractivity contribution in [2.24, 2.45) is 29.6 Å². The summed E-state index contributed by atoms with van der Waals surface area (Å²) in [5, 5.41) is 17.0. The summed E-state index contributed by atoms with van der Waals surface area (Å²) in [5.41, 5.74) is 1.63. The van der Waals surface area contributed by atoms with Crippen LogP contribution in [0.1, 0.15) is 73.1 Å². The Hall–Kier alpha value is -1.62. The number of carbonyl (C=O) groups is 2. The molecule has 0 aromatic carbocycles. The Morgan fingerprint density at radius 1 is 1.24 bits per heavy atom. The zero-order valence-electron chi connectivity index (χ0n) is 18.8. The highest BCUT2D eigenvalue weighted by Gasteiger charge is 2.31. The fourth-order valence-electron chi connectivity index (χ4n) is 4.05. The molecule has 0 bridgehead atoms. The molecule has 0 saturated carbocycles. The SMILES string of the molecule is CCC(C)C(=O)O.CCC1C(C)C=CC2=C[C@H](C)CCC21.O=C1CC(O)CCO1. The molecule has 5 nitrogen and oxygen atoms in total. The number of carbonyl (C=O) groups excluding carboxylic acids is 1. The van der Waals surface area contributed by atoms with E-state index in [-0.39, 0.29) is 18.3 Å². The van der Waals surface area contributed by atoms with Crippen molar-refractivity contribution in [3.8, 4) is 0 Å². The number of carboxylic acids is 1. The van der Waals surface area contributed by atoms with Gasteiger partial charge >= 0.3 is 11.9 Å². The topological polar surface area (TPSA) is 83.8 Å². The highest BCUT2D eigenvalue weighted by molar-refractivity contribution is 5.70. The lowest BCUT2D eigenvalue weighted by molar-refractivity contribution is -0.151. The van der Waals surface area contributed by atoms with E-state index in [4.69, 9.17) is 10.2 Å². The number of esters is 1. The zero-order chi connectivity index (χ0) is 22.0. The van der Waals surface area contributed by atoms with E-state index in [2.05, 4.69) is 43.7 Å². The van der Waals surface area contributed by atoms with Gasteiger partial charge in [-0.25, -0.2) is 0 Å². The summed E-state index contributed by atoms with van der Waals surface area (Å²) in [6.45, 7) is 11.0. The molecule has 0 aromatic rings. The average Bonchev–Trinajstić information content (AvgIpc) is 2.68. The number of carboxylic acid groups (broad SMARTS) is 1. The third-order valence-corrected chi connectivity index (χ3v) is 6.24. The molecule has 6 atom stereocenters. The first-order chi connectivity index (χ1) is 13.7. The number of ether oxygens (including phenoxy) is 1. The Bertz CT molecular complexity index is 580. The van der Waals surface area contributed by atoms with Gasteiger partial charge in [-0.3, -0.25) is 9.59 Å². The Morgan fingerprint density at radius 3 is 2.38 bits per heavy atom. The van der Waals surface area contributed by atoms with Gasteiger partial charge in [0.1, 0.15) is 0 Å². The molecule has 0 amide bonds. The summed E-state index contributed by atoms with van der Waals surface area (Å²) in [6.07, 6.45) is 12.5. The second-order valence-corrected chi connectivity index (χ2v) is 8.63. The van der Waals surface area contributed by atoms with E-state index < -0.39 is 12.1 Å². The second-order valence-electron chi connectivity index (χ2n) is 8.63. The van der Waals surface area contributed by atoms with Crippen LogP contribution < -0.4 is 0 Å². The van der Waals surface area contributed by atoms with Gasteiger partial charge in [-0.2, -0.15) is 0 Å². The van der Waals surface area contributed by atoms with Crippen molar-refractivity contribution < 1.29 is 24.5 Å². The molecule has 0 radical (unpaired) electrons. The van der Waals surface area contributed by atoms with Crippen molar-refractivity contribution in [3.63, 3.8) is 0 Å². The third kappa shape index (κ3) is 8.73. The summed E-state index contributed by atoms with van der Waals surface area (Å²) in [6, 6.07) is 0. The van der Waals surface area contributed by atoms with E-state index in [1.165, 1.54) is 19.3 Å². The Labute approximate surface area is 176 Å². The van der Waals surface area contributed by atoms with E-state index >= 15 is 0 Å². The molecule has 166 valence electrons. The summed E-state index contributed by atoms with van der Waals surface area (Å²) < 4.78 is 4.55. The fraction of sp³-hybridized carbons (Fsp3) is 0.750. The van der Waals surface area contributed by atoms with E-state index in [1.54, 1.807) is 12.5 Å². The maximum absolute atomic E-state index is 10.3. The van der Waals surface area contributed by atoms with Crippen molar-refractivity contribution in [2.45, 2.75) is 79.2 Å². The van der Waals surface area contributed by atoms with Crippen LogP contribution in [0.2, 0.25) is 0 Å². The van der Waals surface area contributed by atoms with E-state index in [0.29, 0.717) is 13.0 Å². The Kier molecular flexibility index (Phi) is 11.3. The molecule has 3 aliphatic rings. The van der Waals surface area contributed by atoms with Crippen molar-refractivity contribution in [1.29, 1.82) is 0 Å². The van der Waals surface area contributed by atoms with Crippen LogP contribution in [0.5, 0.6) is 0 Å². The van der Waals surface area contributed by atoms with Crippen LogP contribution in [0, 0.1) is 29.6 Å².